The highest BCUT2D eigenvalue weighted by atomic mass is 19.1. The summed E-state index contributed by atoms with van der Waals surface area (Å²) in [7, 11) is 1.62. The van der Waals surface area contributed by atoms with Crippen LogP contribution in [0.2, 0.25) is 0 Å². The monoisotopic (exact) mass is 603 g/mol. The van der Waals surface area contributed by atoms with Crippen LogP contribution in [0.3, 0.4) is 0 Å². The van der Waals surface area contributed by atoms with Gasteiger partial charge in [0.05, 0.1) is 17.1 Å². The topological polar surface area (TPSA) is 95.1 Å². The van der Waals surface area contributed by atoms with Gasteiger partial charge in [0.15, 0.2) is 23.0 Å². The van der Waals surface area contributed by atoms with Crippen molar-refractivity contribution in [2.24, 2.45) is 0 Å². The van der Waals surface area contributed by atoms with Crippen molar-refractivity contribution in [3.8, 4) is 28.1 Å². The van der Waals surface area contributed by atoms with Crippen LogP contribution in [0.25, 0.3) is 44.4 Å². The molecular weight excluding hydrogens is 578 g/mol. The summed E-state index contributed by atoms with van der Waals surface area (Å²) in [6.07, 6.45) is 0.815. The first-order valence-corrected chi connectivity index (χ1v) is 13.7. The minimum absolute atomic E-state index is 0.0240. The molecule has 224 valence electrons. The van der Waals surface area contributed by atoms with Gasteiger partial charge < -0.3 is 14.5 Å². The second kappa shape index (κ2) is 11.1. The molecule has 1 atom stereocenters. The molecular formula is C32H25F4N5O3. The highest BCUT2D eigenvalue weighted by molar-refractivity contribution is 5.99. The molecule has 3 aromatic carbocycles. The molecule has 0 bridgehead atoms. The third-order valence-corrected chi connectivity index (χ3v) is 7.11. The fourth-order valence-corrected chi connectivity index (χ4v) is 5.22. The van der Waals surface area contributed by atoms with Crippen LogP contribution in [-0.2, 0) is 0 Å². The molecule has 0 fully saturated rings. The lowest BCUT2D eigenvalue weighted by molar-refractivity contribution is 0.219. The largest absolute Gasteiger partial charge is 0.485 e. The van der Waals surface area contributed by atoms with Gasteiger partial charge in [-0.05, 0) is 62.7 Å². The standard InChI is InChI=1S/C32H25F4N5O3/c1-15(2)43-30-21(35)12-18(13-22(30)36)27-26-31(37-4)38-14-39-32(26)41(40-27)16(3)29-24(17-7-5-8-19(33)11-17)28(42)25-20(34)9-6-10-23(25)44-29/h5-16H,1-4H3,(H,37,38,39). The lowest BCUT2D eigenvalue weighted by Gasteiger charge is -2.17. The molecule has 1 N–H and O–H groups in total. The zero-order valence-corrected chi connectivity index (χ0v) is 24.0. The minimum Gasteiger partial charge on any atom is -0.485 e. The molecule has 44 heavy (non-hydrogen) atoms. The summed E-state index contributed by atoms with van der Waals surface area (Å²) in [5.74, 6) is -3.42. The molecule has 0 aliphatic heterocycles. The number of halogens is 4. The van der Waals surface area contributed by atoms with E-state index in [4.69, 9.17) is 9.15 Å². The normalized spacial score (nSPS) is 12.3. The van der Waals surface area contributed by atoms with Gasteiger partial charge in [0.2, 0.25) is 5.43 Å². The first-order chi connectivity index (χ1) is 21.1. The Bertz CT molecular complexity index is 2100. The SMILES string of the molecule is CNc1ncnc2c1c(-c1cc(F)c(OC(C)C)c(F)c1)nn2C(C)c1oc2cccc(F)c2c(=O)c1-c1cccc(F)c1. The van der Waals surface area contributed by atoms with E-state index in [0.29, 0.717) is 11.2 Å². The molecule has 0 amide bonds. The molecule has 0 aliphatic carbocycles. The molecule has 0 aliphatic rings. The van der Waals surface area contributed by atoms with Crippen LogP contribution in [0.5, 0.6) is 5.75 Å². The van der Waals surface area contributed by atoms with Gasteiger partial charge >= 0.3 is 0 Å². The van der Waals surface area contributed by atoms with Gasteiger partial charge in [-0.3, -0.25) is 4.79 Å². The quantitative estimate of drug-likeness (QED) is 0.192. The second-order valence-electron chi connectivity index (χ2n) is 10.4. The summed E-state index contributed by atoms with van der Waals surface area (Å²) < 4.78 is 72.3. The molecule has 6 aromatic rings. The Morgan fingerprint density at radius 3 is 2.30 bits per heavy atom. The molecule has 0 saturated heterocycles. The summed E-state index contributed by atoms with van der Waals surface area (Å²) in [5, 5.41) is 7.68. The average Bonchev–Trinajstić information content (AvgIpc) is 3.38. The van der Waals surface area contributed by atoms with E-state index in [0.717, 1.165) is 24.3 Å². The van der Waals surface area contributed by atoms with E-state index in [1.807, 2.05) is 0 Å². The van der Waals surface area contributed by atoms with Crippen molar-refractivity contribution in [1.29, 1.82) is 0 Å². The van der Waals surface area contributed by atoms with E-state index in [1.54, 1.807) is 27.8 Å². The number of fused-ring (bicyclic) bond motifs is 2. The second-order valence-corrected chi connectivity index (χ2v) is 10.4. The number of ether oxygens (including phenoxy) is 1. The fraction of sp³-hybridized carbons (Fsp3) is 0.188. The molecule has 12 heteroatoms. The Labute approximate surface area is 247 Å². The van der Waals surface area contributed by atoms with Crippen molar-refractivity contribution in [3.63, 3.8) is 0 Å². The van der Waals surface area contributed by atoms with Crippen LogP contribution in [0.4, 0.5) is 23.4 Å². The number of aromatic nitrogens is 4. The number of hydrogen-bond donors (Lipinski definition) is 1. The van der Waals surface area contributed by atoms with Crippen LogP contribution in [-0.4, -0.2) is 32.9 Å². The van der Waals surface area contributed by atoms with Crippen LogP contribution >= 0.6 is 0 Å². The van der Waals surface area contributed by atoms with E-state index >= 15 is 8.78 Å². The summed E-state index contributed by atoms with van der Waals surface area (Å²) in [5.41, 5.74) is -0.193. The highest BCUT2D eigenvalue weighted by Gasteiger charge is 2.29. The van der Waals surface area contributed by atoms with Gasteiger partial charge in [-0.1, -0.05) is 18.2 Å². The average molecular weight is 604 g/mol. The van der Waals surface area contributed by atoms with Crippen molar-refractivity contribution in [1.82, 2.24) is 19.7 Å². The number of anilines is 1. The van der Waals surface area contributed by atoms with Gasteiger partial charge in [0.25, 0.3) is 0 Å². The number of rotatable bonds is 7. The van der Waals surface area contributed by atoms with E-state index in [9.17, 15) is 13.6 Å². The Kier molecular flexibility index (Phi) is 7.28. The van der Waals surface area contributed by atoms with E-state index in [1.165, 1.54) is 41.3 Å². The lowest BCUT2D eigenvalue weighted by atomic mass is 9.99. The van der Waals surface area contributed by atoms with Crippen LogP contribution < -0.4 is 15.5 Å². The van der Waals surface area contributed by atoms with Crippen LogP contribution in [0, 0.1) is 23.3 Å². The summed E-state index contributed by atoms with van der Waals surface area (Å²) in [6, 6.07) is 10.6. The van der Waals surface area contributed by atoms with Gasteiger partial charge in [-0.2, -0.15) is 5.10 Å². The maximum atomic E-state index is 15.1. The first kappa shape index (κ1) is 28.8. The van der Waals surface area contributed by atoms with Gasteiger partial charge in [0, 0.05) is 12.6 Å². The Morgan fingerprint density at radius 1 is 0.886 bits per heavy atom. The first-order valence-electron chi connectivity index (χ1n) is 13.7. The number of hydrogen-bond acceptors (Lipinski definition) is 7. The van der Waals surface area contributed by atoms with Crippen molar-refractivity contribution in [2.45, 2.75) is 32.9 Å². The molecule has 3 aromatic heterocycles. The van der Waals surface area contributed by atoms with Gasteiger partial charge in [0.1, 0.15) is 52.2 Å². The lowest BCUT2D eigenvalue weighted by Crippen LogP contribution is -2.17. The third-order valence-electron chi connectivity index (χ3n) is 7.11. The van der Waals surface area contributed by atoms with E-state index in [-0.39, 0.29) is 44.8 Å². The van der Waals surface area contributed by atoms with E-state index in [2.05, 4.69) is 20.4 Å². The molecule has 8 nitrogen and oxygen atoms in total. The maximum Gasteiger partial charge on any atom is 0.203 e. The summed E-state index contributed by atoms with van der Waals surface area (Å²) in [4.78, 5) is 22.5. The molecule has 0 spiro atoms. The van der Waals surface area contributed by atoms with E-state index < -0.39 is 46.6 Å². The molecule has 6 rings (SSSR count). The van der Waals surface area contributed by atoms with Crippen molar-refractivity contribution in [3.05, 3.63) is 100 Å². The minimum atomic E-state index is -0.928. The van der Waals surface area contributed by atoms with Crippen LogP contribution in [0.15, 0.2) is 70.1 Å². The van der Waals surface area contributed by atoms with Crippen molar-refractivity contribution in [2.75, 3.05) is 12.4 Å². The van der Waals surface area contributed by atoms with Crippen molar-refractivity contribution >= 4 is 27.8 Å². The smallest absolute Gasteiger partial charge is 0.203 e. The zero-order chi connectivity index (χ0) is 31.3. The van der Waals surface area contributed by atoms with Crippen molar-refractivity contribution < 1.29 is 26.7 Å². The number of nitrogens with one attached hydrogen (secondary N) is 1. The number of nitrogens with zero attached hydrogens (tertiary/aromatic N) is 4. The molecule has 0 saturated carbocycles. The predicted molar refractivity (Wildman–Crippen MR) is 158 cm³/mol. The maximum absolute atomic E-state index is 15.1. The Balaban J connectivity index is 1.63. The molecule has 0 radical (unpaired) electrons. The van der Waals surface area contributed by atoms with Crippen LogP contribution in [0.1, 0.15) is 32.6 Å². The number of benzene rings is 3. The predicted octanol–water partition coefficient (Wildman–Crippen LogP) is 7.26. The molecule has 3 heterocycles. The highest BCUT2D eigenvalue weighted by Crippen LogP contribution is 2.38. The van der Waals surface area contributed by atoms with Gasteiger partial charge in [-0.15, -0.1) is 0 Å². The molecule has 1 unspecified atom stereocenters. The fourth-order valence-electron chi connectivity index (χ4n) is 5.22. The summed E-state index contributed by atoms with van der Waals surface area (Å²) in [6.45, 7) is 4.96. The Hall–Kier alpha value is -5.26. The summed E-state index contributed by atoms with van der Waals surface area (Å²) >= 11 is 0. The third kappa shape index (κ3) is 4.81. The zero-order valence-electron chi connectivity index (χ0n) is 24.0. The van der Waals surface area contributed by atoms with Gasteiger partial charge in [-0.25, -0.2) is 32.2 Å². The Morgan fingerprint density at radius 2 is 1.61 bits per heavy atom.